The van der Waals surface area contributed by atoms with E-state index in [1.807, 2.05) is 32.0 Å². The van der Waals surface area contributed by atoms with E-state index in [2.05, 4.69) is 15.3 Å². The van der Waals surface area contributed by atoms with Crippen molar-refractivity contribution in [2.24, 2.45) is 5.18 Å². The van der Waals surface area contributed by atoms with Crippen LogP contribution in [0.1, 0.15) is 11.1 Å². The number of nitrogens with two attached hydrogens (primary N) is 1. The molecule has 1 aromatic heterocycles. The minimum absolute atomic E-state index is 0.0766. The van der Waals surface area contributed by atoms with Gasteiger partial charge in [0.05, 0.1) is 4.91 Å². The van der Waals surface area contributed by atoms with Crippen LogP contribution in [0.25, 0.3) is 22.2 Å². The molecule has 0 amide bonds. The number of hydrogen-bond acceptors (Lipinski definition) is 5. The normalized spacial score (nSPS) is 10.8. The number of aromatic amines is 1. The average molecular weight is 296 g/mol. The summed E-state index contributed by atoms with van der Waals surface area (Å²) >= 11 is 0. The van der Waals surface area contributed by atoms with Crippen molar-refractivity contribution in [2.45, 2.75) is 13.8 Å². The van der Waals surface area contributed by atoms with Gasteiger partial charge in [0, 0.05) is 6.07 Å². The second-order valence-corrected chi connectivity index (χ2v) is 5.12. The van der Waals surface area contributed by atoms with Gasteiger partial charge in [0.25, 0.3) is 5.95 Å². The molecule has 0 unspecified atom stereocenters. The van der Waals surface area contributed by atoms with Crippen LogP contribution in [0, 0.1) is 23.7 Å². The van der Waals surface area contributed by atoms with Gasteiger partial charge < -0.3 is 5.73 Å². The lowest BCUT2D eigenvalue weighted by Crippen LogP contribution is -2.23. The van der Waals surface area contributed by atoms with Crippen LogP contribution in [0.5, 0.6) is 0 Å². The zero-order valence-corrected chi connectivity index (χ0v) is 12.1. The molecule has 2 aromatic carbocycles. The third-order valence-corrected chi connectivity index (χ3v) is 3.60. The number of nitrogen functional groups attached to an aromatic ring is 1. The quantitative estimate of drug-likeness (QED) is 0.560. The standard InChI is InChI=1S/C15H13N5O2/c1-8-4-3-5-9(2)13(8)10-6-11(19-21)14-12(7-10)20(22)18-15(16)17-14/h3-7H,1-2H3,(H2-,16,17,18,21,22)/p+1. The number of nitrogens with one attached hydrogen (secondary N) is 1. The summed E-state index contributed by atoms with van der Waals surface area (Å²) in [7, 11) is 0. The van der Waals surface area contributed by atoms with Crippen LogP contribution in [-0.4, -0.2) is 10.1 Å². The van der Waals surface area contributed by atoms with E-state index < -0.39 is 0 Å². The number of nitrogens with zero attached hydrogens (tertiary/aromatic N) is 3. The van der Waals surface area contributed by atoms with Gasteiger partial charge in [-0.3, -0.25) is 0 Å². The lowest BCUT2D eigenvalue weighted by Gasteiger charge is -2.09. The molecule has 7 heteroatoms. The van der Waals surface area contributed by atoms with Gasteiger partial charge in [-0.15, -0.1) is 4.91 Å². The van der Waals surface area contributed by atoms with Gasteiger partial charge in [-0.2, -0.15) is 0 Å². The van der Waals surface area contributed by atoms with Gasteiger partial charge in [-0.25, -0.2) is 4.98 Å². The first kappa shape index (κ1) is 13.9. The van der Waals surface area contributed by atoms with Crippen LogP contribution in [0.4, 0.5) is 11.6 Å². The van der Waals surface area contributed by atoms with E-state index >= 15 is 0 Å². The summed E-state index contributed by atoms with van der Waals surface area (Å²) in [6, 6.07) is 9.20. The lowest BCUT2D eigenvalue weighted by molar-refractivity contribution is -0.534. The molecule has 3 aromatic rings. The fourth-order valence-corrected chi connectivity index (χ4v) is 2.67. The molecule has 3 rings (SSSR count). The van der Waals surface area contributed by atoms with Crippen molar-refractivity contribution in [2.75, 3.05) is 5.73 Å². The molecule has 110 valence electrons. The first-order valence-corrected chi connectivity index (χ1v) is 6.67. The van der Waals surface area contributed by atoms with Crippen LogP contribution in [0.3, 0.4) is 0 Å². The number of benzene rings is 2. The molecule has 22 heavy (non-hydrogen) atoms. The monoisotopic (exact) mass is 296 g/mol. The van der Waals surface area contributed by atoms with Crippen molar-refractivity contribution in [3.8, 4) is 11.1 Å². The molecule has 0 aliphatic rings. The van der Waals surface area contributed by atoms with E-state index in [0.717, 1.165) is 22.3 Å². The van der Waals surface area contributed by atoms with E-state index in [0.29, 0.717) is 4.54 Å². The Morgan fingerprint density at radius 1 is 1.23 bits per heavy atom. The van der Waals surface area contributed by atoms with Crippen LogP contribution in [0.2, 0.25) is 0 Å². The number of nitroso groups, excluding NO2 is 1. The van der Waals surface area contributed by atoms with Gasteiger partial charge in [-0.1, -0.05) is 23.3 Å². The maximum Gasteiger partial charge on any atom is 0.320 e. The highest BCUT2D eigenvalue weighted by atomic mass is 16.3. The van der Waals surface area contributed by atoms with E-state index in [4.69, 9.17) is 5.73 Å². The summed E-state index contributed by atoms with van der Waals surface area (Å²) in [5.41, 5.74) is 9.77. The molecule has 0 fully saturated rings. The summed E-state index contributed by atoms with van der Waals surface area (Å²) in [4.78, 5) is 27.2. The topological polar surface area (TPSA) is 107 Å². The van der Waals surface area contributed by atoms with Gasteiger partial charge in [0.1, 0.15) is 5.69 Å². The number of hydrogen-bond donors (Lipinski definition) is 2. The molecule has 3 N–H and O–H groups in total. The minimum Gasteiger partial charge on any atom is -0.365 e. The Kier molecular flexibility index (Phi) is 3.17. The highest BCUT2D eigenvalue weighted by Crippen LogP contribution is 2.33. The van der Waals surface area contributed by atoms with Gasteiger partial charge in [0.15, 0.2) is 10.1 Å². The van der Waals surface area contributed by atoms with Crippen LogP contribution >= 0.6 is 0 Å². The summed E-state index contributed by atoms with van der Waals surface area (Å²) in [5.74, 6) is -0.0766. The van der Waals surface area contributed by atoms with Crippen molar-refractivity contribution in [1.82, 2.24) is 10.1 Å². The smallest absolute Gasteiger partial charge is 0.320 e. The van der Waals surface area contributed by atoms with Crippen molar-refractivity contribution in [3.05, 3.63) is 51.3 Å². The molecule has 0 saturated heterocycles. The van der Waals surface area contributed by atoms with Gasteiger partial charge in [0.2, 0.25) is 0 Å². The summed E-state index contributed by atoms with van der Waals surface area (Å²) in [6.07, 6.45) is 0. The maximum absolute atomic E-state index is 12.0. The Morgan fingerprint density at radius 3 is 2.55 bits per heavy atom. The van der Waals surface area contributed by atoms with Crippen molar-refractivity contribution < 1.29 is 4.54 Å². The summed E-state index contributed by atoms with van der Waals surface area (Å²) in [6.45, 7) is 3.94. The summed E-state index contributed by atoms with van der Waals surface area (Å²) in [5, 5.41) is 5.35. The largest absolute Gasteiger partial charge is 0.365 e. The molecule has 7 nitrogen and oxygen atoms in total. The Bertz CT molecular complexity index is 942. The first-order valence-electron chi connectivity index (χ1n) is 6.67. The van der Waals surface area contributed by atoms with E-state index in [-0.39, 0.29) is 22.7 Å². The number of aryl methyl sites for hydroxylation is 2. The third kappa shape index (κ3) is 2.12. The van der Waals surface area contributed by atoms with Crippen molar-refractivity contribution in [3.63, 3.8) is 0 Å². The predicted molar refractivity (Wildman–Crippen MR) is 84.2 cm³/mol. The number of aromatic nitrogens is 3. The zero-order valence-electron chi connectivity index (χ0n) is 12.1. The third-order valence-electron chi connectivity index (χ3n) is 3.60. The number of anilines is 1. The van der Waals surface area contributed by atoms with Crippen molar-refractivity contribution in [1.29, 1.82) is 0 Å². The maximum atomic E-state index is 12.0. The first-order chi connectivity index (χ1) is 10.5. The summed E-state index contributed by atoms with van der Waals surface area (Å²) < 4.78 is 0.490. The zero-order chi connectivity index (χ0) is 15.9. The fraction of sp³-hybridized carbons (Fsp3) is 0.133. The molecule has 0 radical (unpaired) electrons. The second-order valence-electron chi connectivity index (χ2n) is 5.12. The van der Waals surface area contributed by atoms with E-state index in [1.165, 1.54) is 0 Å². The molecule has 1 heterocycles. The number of H-pyrrole nitrogens is 1. The van der Waals surface area contributed by atoms with Crippen LogP contribution in [-0.2, 0) is 0 Å². The Hall–Kier alpha value is -3.09. The molecule has 0 bridgehead atoms. The Balaban J connectivity index is 2.43. The van der Waals surface area contributed by atoms with E-state index in [9.17, 15) is 9.81 Å². The van der Waals surface area contributed by atoms with Crippen molar-refractivity contribution >= 4 is 22.7 Å². The predicted octanol–water partition coefficient (Wildman–Crippen LogP) is 2.74. The average Bonchev–Trinajstić information content (AvgIpc) is 2.47. The van der Waals surface area contributed by atoms with Gasteiger partial charge >= 0.3 is 5.52 Å². The fourth-order valence-electron chi connectivity index (χ4n) is 2.67. The lowest BCUT2D eigenvalue weighted by atomic mass is 9.95. The SMILES string of the molecule is Cc1cccc(C)c1-c1cc(N=O)c2nc(N)[nH][n+](=O)c2c1. The highest BCUT2D eigenvalue weighted by Gasteiger charge is 2.19. The molecular formula is C15H14N5O2+. The molecule has 0 saturated carbocycles. The Morgan fingerprint density at radius 2 is 1.91 bits per heavy atom. The van der Waals surface area contributed by atoms with Crippen LogP contribution in [0.15, 0.2) is 35.5 Å². The molecular weight excluding hydrogens is 282 g/mol. The Labute approximate surface area is 125 Å². The van der Waals surface area contributed by atoms with E-state index in [1.54, 1.807) is 12.1 Å². The molecule has 0 aliphatic carbocycles. The van der Waals surface area contributed by atoms with Crippen LogP contribution < -0.4 is 10.3 Å². The molecule has 0 spiro atoms. The van der Waals surface area contributed by atoms with Gasteiger partial charge in [-0.05, 0) is 47.3 Å². The number of fused-ring (bicyclic) bond motifs is 1. The number of rotatable bonds is 2. The molecule has 0 atom stereocenters. The minimum atomic E-state index is -0.0766. The second kappa shape index (κ2) is 5.03. The highest BCUT2D eigenvalue weighted by molar-refractivity contribution is 5.90. The molecule has 0 aliphatic heterocycles.